The van der Waals surface area contributed by atoms with Crippen molar-refractivity contribution in [3.8, 4) is 0 Å². The van der Waals surface area contributed by atoms with Gasteiger partial charge in [-0.05, 0) is 49.8 Å². The molecule has 0 saturated carbocycles. The maximum atomic E-state index is 13.3. The van der Waals surface area contributed by atoms with Gasteiger partial charge in [0.15, 0.2) is 0 Å². The van der Waals surface area contributed by atoms with E-state index in [2.05, 4.69) is 10.2 Å². The van der Waals surface area contributed by atoms with Crippen LogP contribution in [0.4, 0.5) is 16.0 Å². The highest BCUT2D eigenvalue weighted by Crippen LogP contribution is 2.31. The molecule has 1 fully saturated rings. The predicted molar refractivity (Wildman–Crippen MR) is 108 cm³/mol. The molecule has 1 saturated heterocycles. The highest BCUT2D eigenvalue weighted by atomic mass is 19.1. The van der Waals surface area contributed by atoms with E-state index in [1.165, 1.54) is 23.8 Å². The summed E-state index contributed by atoms with van der Waals surface area (Å²) in [6.45, 7) is 1.46. The van der Waals surface area contributed by atoms with Gasteiger partial charge in [0.25, 0.3) is 5.56 Å². The molecule has 29 heavy (non-hydrogen) atoms. The molecule has 1 aromatic carbocycles. The number of benzene rings is 1. The fraction of sp³-hybridized carbons (Fsp3) is 0.476. The Morgan fingerprint density at radius 1 is 1.24 bits per heavy atom. The minimum Gasteiger partial charge on any atom is -0.468 e. The van der Waals surface area contributed by atoms with Crippen LogP contribution in [0, 0.1) is 5.82 Å². The summed E-state index contributed by atoms with van der Waals surface area (Å²) in [7, 11) is 1.31. The number of rotatable bonds is 4. The van der Waals surface area contributed by atoms with Crippen LogP contribution in [0.25, 0.3) is 0 Å². The van der Waals surface area contributed by atoms with E-state index in [1.54, 1.807) is 12.1 Å². The Kier molecular flexibility index (Phi) is 5.51. The summed E-state index contributed by atoms with van der Waals surface area (Å²) in [5.74, 6) is -0.239. The maximum absolute atomic E-state index is 13.3. The zero-order valence-electron chi connectivity index (χ0n) is 16.5. The highest BCUT2D eigenvalue weighted by molar-refractivity contribution is 5.70. The second kappa shape index (κ2) is 8.23. The molecule has 2 aromatic rings. The minimum absolute atomic E-state index is 0.106. The van der Waals surface area contributed by atoms with Crippen LogP contribution in [0.1, 0.15) is 43.0 Å². The topological polar surface area (TPSA) is 76.5 Å². The molecule has 7 nitrogen and oxygen atoms in total. The average Bonchev–Trinajstić information content (AvgIpc) is 2.76. The molecule has 3 heterocycles. The number of esters is 1. The van der Waals surface area contributed by atoms with Crippen LogP contribution in [-0.4, -0.2) is 35.7 Å². The van der Waals surface area contributed by atoms with Crippen LogP contribution in [0.5, 0.6) is 0 Å². The van der Waals surface area contributed by atoms with Gasteiger partial charge >= 0.3 is 5.97 Å². The second-order valence-electron chi connectivity index (χ2n) is 7.54. The van der Waals surface area contributed by atoms with Crippen molar-refractivity contribution in [2.24, 2.45) is 0 Å². The van der Waals surface area contributed by atoms with E-state index in [0.717, 1.165) is 50.0 Å². The van der Waals surface area contributed by atoms with Gasteiger partial charge in [-0.3, -0.25) is 14.2 Å². The number of carbonyl (C=O) groups is 1. The number of piperidine rings is 1. The van der Waals surface area contributed by atoms with Crippen LogP contribution in [0.2, 0.25) is 0 Å². The molecular weight excluding hydrogens is 375 g/mol. The van der Waals surface area contributed by atoms with Gasteiger partial charge in [0, 0.05) is 13.1 Å². The van der Waals surface area contributed by atoms with Crippen LogP contribution in [0.15, 0.2) is 29.1 Å². The number of fused-ring (bicyclic) bond motifs is 1. The number of aryl methyl sites for hydroxylation is 1. The molecule has 0 radical (unpaired) electrons. The summed E-state index contributed by atoms with van der Waals surface area (Å²) in [6, 6.07) is 6.17. The first-order valence-electron chi connectivity index (χ1n) is 10.0. The van der Waals surface area contributed by atoms with Crippen molar-refractivity contribution in [3.05, 3.63) is 51.7 Å². The van der Waals surface area contributed by atoms with Gasteiger partial charge in [0.05, 0.1) is 18.8 Å². The number of nitrogens with zero attached hydrogens (tertiary/aromatic N) is 3. The summed E-state index contributed by atoms with van der Waals surface area (Å²) in [6.07, 6.45) is 4.63. The molecule has 1 unspecified atom stereocenters. The Bertz CT molecular complexity index is 952. The zero-order valence-corrected chi connectivity index (χ0v) is 16.5. The van der Waals surface area contributed by atoms with Crippen molar-refractivity contribution in [1.29, 1.82) is 0 Å². The van der Waals surface area contributed by atoms with Crippen LogP contribution in [0.3, 0.4) is 0 Å². The molecule has 0 spiro atoms. The molecule has 8 heteroatoms. The van der Waals surface area contributed by atoms with Gasteiger partial charge in [0.2, 0.25) is 5.95 Å². The molecule has 1 N–H and O–H groups in total. The number of aromatic nitrogens is 2. The number of halogens is 1. The summed E-state index contributed by atoms with van der Waals surface area (Å²) in [5, 5.41) is 3.27. The van der Waals surface area contributed by atoms with Crippen molar-refractivity contribution in [3.63, 3.8) is 0 Å². The lowest BCUT2D eigenvalue weighted by Gasteiger charge is -2.32. The van der Waals surface area contributed by atoms with Gasteiger partial charge in [-0.15, -0.1) is 0 Å². The number of ether oxygens (including phenoxy) is 1. The normalized spacial score (nSPS) is 18.7. The quantitative estimate of drug-likeness (QED) is 0.796. The first kappa shape index (κ1) is 19.4. The summed E-state index contributed by atoms with van der Waals surface area (Å²) < 4.78 is 19.5. The van der Waals surface area contributed by atoms with Gasteiger partial charge in [-0.1, -0.05) is 12.1 Å². The van der Waals surface area contributed by atoms with Crippen molar-refractivity contribution in [2.75, 3.05) is 30.4 Å². The lowest BCUT2D eigenvalue weighted by Crippen LogP contribution is -2.40. The fourth-order valence-electron chi connectivity index (χ4n) is 4.06. The fourth-order valence-corrected chi connectivity index (χ4v) is 4.06. The molecule has 1 aromatic heterocycles. The Balaban J connectivity index is 1.72. The number of anilines is 2. The van der Waals surface area contributed by atoms with E-state index in [-0.39, 0.29) is 24.0 Å². The van der Waals surface area contributed by atoms with Crippen LogP contribution < -0.4 is 15.8 Å². The lowest BCUT2D eigenvalue weighted by molar-refractivity contribution is -0.141. The largest absolute Gasteiger partial charge is 0.468 e. The molecule has 0 aliphatic carbocycles. The van der Waals surface area contributed by atoms with Crippen molar-refractivity contribution in [2.45, 2.75) is 44.7 Å². The molecule has 0 amide bonds. The van der Waals surface area contributed by atoms with Gasteiger partial charge in [-0.2, -0.15) is 0 Å². The molecular formula is C21H25FN4O3. The van der Waals surface area contributed by atoms with Crippen LogP contribution >= 0.6 is 0 Å². The van der Waals surface area contributed by atoms with Gasteiger partial charge in [0.1, 0.15) is 18.0 Å². The standard InChI is InChI=1S/C21H25FN4O3/c1-29-18(27)13-26-20(28)19-17(24-21(26)25-11-3-2-4-12-25)10-9-16(23-19)14-5-7-15(22)8-6-14/h5-8,16,23H,2-4,9-13H2,1H3. The SMILES string of the molecule is COC(=O)Cn1c(N2CCCCC2)nc2c(c1=O)NC(c1ccc(F)cc1)CC2. The third kappa shape index (κ3) is 3.97. The van der Waals surface area contributed by atoms with Crippen molar-refractivity contribution < 1.29 is 13.9 Å². The Morgan fingerprint density at radius 2 is 1.97 bits per heavy atom. The van der Waals surface area contributed by atoms with E-state index in [1.807, 2.05) is 0 Å². The first-order valence-corrected chi connectivity index (χ1v) is 10.0. The molecule has 2 aliphatic heterocycles. The Labute approximate surface area is 168 Å². The second-order valence-corrected chi connectivity index (χ2v) is 7.54. The number of methoxy groups -OCH3 is 1. The van der Waals surface area contributed by atoms with E-state index >= 15 is 0 Å². The van der Waals surface area contributed by atoms with Crippen LogP contribution in [-0.2, 0) is 22.5 Å². The third-order valence-electron chi connectivity index (χ3n) is 5.64. The summed E-state index contributed by atoms with van der Waals surface area (Å²) >= 11 is 0. The first-order chi connectivity index (χ1) is 14.1. The summed E-state index contributed by atoms with van der Waals surface area (Å²) in [4.78, 5) is 32.2. The third-order valence-corrected chi connectivity index (χ3v) is 5.64. The number of hydrogen-bond acceptors (Lipinski definition) is 6. The zero-order chi connectivity index (χ0) is 20.4. The monoisotopic (exact) mass is 400 g/mol. The average molecular weight is 400 g/mol. The van der Waals surface area contributed by atoms with E-state index in [4.69, 9.17) is 9.72 Å². The molecule has 0 bridgehead atoms. The highest BCUT2D eigenvalue weighted by Gasteiger charge is 2.28. The molecule has 2 aliphatic rings. The molecule has 4 rings (SSSR count). The Morgan fingerprint density at radius 3 is 2.66 bits per heavy atom. The van der Waals surface area contributed by atoms with Gasteiger partial charge in [-0.25, -0.2) is 9.37 Å². The number of hydrogen-bond donors (Lipinski definition) is 1. The smallest absolute Gasteiger partial charge is 0.325 e. The Hall–Kier alpha value is -2.90. The van der Waals surface area contributed by atoms with E-state index in [9.17, 15) is 14.0 Å². The minimum atomic E-state index is -0.488. The molecule has 1 atom stereocenters. The van der Waals surface area contributed by atoms with Crippen molar-refractivity contribution in [1.82, 2.24) is 9.55 Å². The molecule has 154 valence electrons. The van der Waals surface area contributed by atoms with Crippen molar-refractivity contribution >= 4 is 17.6 Å². The predicted octanol–water partition coefficient (Wildman–Crippen LogP) is 2.65. The lowest BCUT2D eigenvalue weighted by atomic mass is 9.96. The number of carbonyl (C=O) groups excluding carboxylic acids is 1. The van der Waals surface area contributed by atoms with E-state index < -0.39 is 5.97 Å². The maximum Gasteiger partial charge on any atom is 0.325 e. The summed E-state index contributed by atoms with van der Waals surface area (Å²) in [5.41, 5.74) is 1.77. The van der Waals surface area contributed by atoms with E-state index in [0.29, 0.717) is 18.1 Å². The number of nitrogens with one attached hydrogen (secondary N) is 1. The van der Waals surface area contributed by atoms with Gasteiger partial charge < -0.3 is 15.0 Å².